The molecule has 0 aromatic heterocycles. The Morgan fingerprint density at radius 3 is 2.22 bits per heavy atom. The number of ether oxygens (including phenoxy) is 4. The molecule has 0 saturated carbocycles. The van der Waals surface area contributed by atoms with Crippen LogP contribution in [0.25, 0.3) is 0 Å². The van der Waals surface area contributed by atoms with Crippen LogP contribution in [0.5, 0.6) is 0 Å². The first kappa shape index (κ1) is 17.2. The third-order valence-electron chi connectivity index (χ3n) is 2.55. The lowest BCUT2D eigenvalue weighted by molar-refractivity contribution is -0.542. The molecule has 18 heavy (non-hydrogen) atoms. The Morgan fingerprint density at radius 1 is 1.28 bits per heavy atom. The average molecular weight is 267 g/mol. The molecule has 8 heteroatoms. The van der Waals surface area contributed by atoms with E-state index in [1.807, 2.05) is 0 Å². The van der Waals surface area contributed by atoms with Gasteiger partial charge in [0.1, 0.15) is 12.9 Å². The molecular weight excluding hydrogens is 246 g/mol. The molecular formula is C10H21NO7. The minimum absolute atomic E-state index is 0.0410. The highest BCUT2D eigenvalue weighted by atomic mass is 16.7. The first-order valence-corrected chi connectivity index (χ1v) is 5.45. The average Bonchev–Trinajstić information content (AvgIpc) is 2.36. The van der Waals surface area contributed by atoms with E-state index in [1.165, 1.54) is 28.3 Å². The molecule has 0 saturated heterocycles. The number of rotatable bonds is 10. The summed E-state index contributed by atoms with van der Waals surface area (Å²) < 4.78 is 19.5. The third kappa shape index (κ3) is 5.69. The Kier molecular flexibility index (Phi) is 8.77. The molecule has 0 amide bonds. The van der Waals surface area contributed by atoms with Crippen molar-refractivity contribution in [1.82, 2.24) is 0 Å². The van der Waals surface area contributed by atoms with Gasteiger partial charge in [-0.15, -0.1) is 0 Å². The van der Waals surface area contributed by atoms with Crippen LogP contribution in [0.3, 0.4) is 0 Å². The van der Waals surface area contributed by atoms with Gasteiger partial charge in [-0.25, -0.2) is 0 Å². The molecule has 0 spiro atoms. The maximum Gasteiger partial charge on any atom is 0.245 e. The molecule has 0 heterocycles. The van der Waals surface area contributed by atoms with Crippen LogP contribution in [0.1, 0.15) is 13.3 Å². The number of hydrogen-bond donors (Lipinski definition) is 1. The molecule has 0 aromatic rings. The lowest BCUT2D eigenvalue weighted by atomic mass is 10.0. The molecule has 0 aromatic carbocycles. The number of nitrogens with zero attached hydrogens (tertiary/aromatic N) is 1. The second-order valence-corrected chi connectivity index (χ2v) is 3.76. The highest BCUT2D eigenvalue weighted by Gasteiger charge is 2.37. The SMILES string of the molecule is COCO[C@@H](C)[C@H](O)[C@H](CC(OC)OC)[N+](=O)[O-]. The van der Waals surface area contributed by atoms with Gasteiger partial charge in [-0.3, -0.25) is 10.1 Å². The fourth-order valence-corrected chi connectivity index (χ4v) is 1.42. The summed E-state index contributed by atoms with van der Waals surface area (Å²) in [7, 11) is 4.18. The molecule has 0 aliphatic rings. The highest BCUT2D eigenvalue weighted by molar-refractivity contribution is 4.75. The molecule has 0 fully saturated rings. The van der Waals surface area contributed by atoms with Crippen molar-refractivity contribution in [2.75, 3.05) is 28.1 Å². The zero-order valence-electron chi connectivity index (χ0n) is 11.1. The van der Waals surface area contributed by atoms with E-state index >= 15 is 0 Å². The van der Waals surface area contributed by atoms with Crippen LogP contribution in [0, 0.1) is 10.1 Å². The largest absolute Gasteiger partial charge is 0.383 e. The van der Waals surface area contributed by atoms with Gasteiger partial charge in [0, 0.05) is 26.3 Å². The number of aliphatic hydroxyl groups is 1. The van der Waals surface area contributed by atoms with Crippen molar-refractivity contribution in [1.29, 1.82) is 0 Å². The molecule has 8 nitrogen and oxygen atoms in total. The van der Waals surface area contributed by atoms with Crippen molar-refractivity contribution >= 4 is 0 Å². The van der Waals surface area contributed by atoms with Crippen LogP contribution in [-0.2, 0) is 18.9 Å². The van der Waals surface area contributed by atoms with E-state index in [0.29, 0.717) is 0 Å². The fraction of sp³-hybridized carbons (Fsp3) is 1.00. The Bertz CT molecular complexity index is 234. The smallest absolute Gasteiger partial charge is 0.245 e. The van der Waals surface area contributed by atoms with E-state index in [2.05, 4.69) is 4.74 Å². The minimum Gasteiger partial charge on any atom is -0.383 e. The van der Waals surface area contributed by atoms with Crippen LogP contribution in [-0.4, -0.2) is 62.7 Å². The van der Waals surface area contributed by atoms with Crippen LogP contribution in [0.15, 0.2) is 0 Å². The second kappa shape index (κ2) is 9.17. The van der Waals surface area contributed by atoms with Gasteiger partial charge in [-0.2, -0.15) is 0 Å². The van der Waals surface area contributed by atoms with Crippen molar-refractivity contribution < 1.29 is 29.0 Å². The summed E-state index contributed by atoms with van der Waals surface area (Å²) in [6.45, 7) is 1.50. The summed E-state index contributed by atoms with van der Waals surface area (Å²) in [4.78, 5) is 10.4. The number of hydrogen-bond acceptors (Lipinski definition) is 7. The summed E-state index contributed by atoms with van der Waals surface area (Å²) >= 11 is 0. The molecule has 0 radical (unpaired) electrons. The van der Waals surface area contributed by atoms with Crippen molar-refractivity contribution in [3.8, 4) is 0 Å². The summed E-state index contributed by atoms with van der Waals surface area (Å²) in [6.07, 6.45) is -2.82. The first-order valence-electron chi connectivity index (χ1n) is 5.45. The first-order chi connectivity index (χ1) is 8.47. The quantitative estimate of drug-likeness (QED) is 0.338. The zero-order valence-corrected chi connectivity index (χ0v) is 11.1. The Morgan fingerprint density at radius 2 is 1.83 bits per heavy atom. The van der Waals surface area contributed by atoms with Gasteiger partial charge in [0.15, 0.2) is 6.29 Å². The number of methoxy groups -OCH3 is 3. The van der Waals surface area contributed by atoms with E-state index in [4.69, 9.17) is 14.2 Å². The predicted octanol–water partition coefficient (Wildman–Crippen LogP) is 0.0106. The van der Waals surface area contributed by atoms with E-state index in [1.54, 1.807) is 0 Å². The standard InChI is InChI=1S/C10H21NO7/c1-7(18-6-15-2)10(12)8(11(13)14)5-9(16-3)17-4/h7-10,12H,5-6H2,1-4H3/t7-,8-,10-/m0/s1. The maximum atomic E-state index is 10.9. The van der Waals surface area contributed by atoms with Crippen molar-refractivity contribution in [3.05, 3.63) is 10.1 Å². The summed E-state index contributed by atoms with van der Waals surface area (Å²) in [5, 5.41) is 20.8. The van der Waals surface area contributed by atoms with Gasteiger partial charge in [0.2, 0.25) is 6.04 Å². The van der Waals surface area contributed by atoms with Gasteiger partial charge in [0.25, 0.3) is 0 Å². The van der Waals surface area contributed by atoms with Gasteiger partial charge in [0.05, 0.1) is 12.5 Å². The topological polar surface area (TPSA) is 100 Å². The molecule has 3 atom stereocenters. The highest BCUT2D eigenvalue weighted by Crippen LogP contribution is 2.14. The molecule has 0 aliphatic carbocycles. The van der Waals surface area contributed by atoms with Gasteiger partial charge >= 0.3 is 0 Å². The third-order valence-corrected chi connectivity index (χ3v) is 2.55. The molecule has 108 valence electrons. The predicted molar refractivity (Wildman–Crippen MR) is 61.6 cm³/mol. The Hall–Kier alpha value is -0.800. The van der Waals surface area contributed by atoms with Gasteiger partial charge in [-0.1, -0.05) is 0 Å². The molecule has 0 unspecified atom stereocenters. The Balaban J connectivity index is 4.52. The van der Waals surface area contributed by atoms with Crippen molar-refractivity contribution in [3.63, 3.8) is 0 Å². The minimum atomic E-state index is -1.28. The monoisotopic (exact) mass is 267 g/mol. The second-order valence-electron chi connectivity index (χ2n) is 3.76. The summed E-state index contributed by atoms with van der Waals surface area (Å²) in [5.74, 6) is 0. The van der Waals surface area contributed by atoms with E-state index in [-0.39, 0.29) is 13.2 Å². The normalized spacial score (nSPS) is 16.6. The van der Waals surface area contributed by atoms with E-state index in [0.717, 1.165) is 0 Å². The van der Waals surface area contributed by atoms with E-state index < -0.39 is 29.5 Å². The van der Waals surface area contributed by atoms with Crippen LogP contribution >= 0.6 is 0 Å². The summed E-state index contributed by atoms with van der Waals surface area (Å²) in [5.41, 5.74) is 0. The van der Waals surface area contributed by atoms with Gasteiger partial charge in [-0.05, 0) is 6.92 Å². The molecule has 0 aliphatic heterocycles. The van der Waals surface area contributed by atoms with Crippen molar-refractivity contribution in [2.45, 2.75) is 37.9 Å². The van der Waals surface area contributed by atoms with Gasteiger partial charge < -0.3 is 24.1 Å². The number of nitro groups is 1. The molecule has 0 bridgehead atoms. The molecule has 0 rings (SSSR count). The maximum absolute atomic E-state index is 10.9. The van der Waals surface area contributed by atoms with Crippen LogP contribution < -0.4 is 0 Å². The number of aliphatic hydroxyl groups excluding tert-OH is 1. The van der Waals surface area contributed by atoms with Crippen molar-refractivity contribution in [2.24, 2.45) is 0 Å². The zero-order chi connectivity index (χ0) is 14.1. The lowest BCUT2D eigenvalue weighted by Gasteiger charge is -2.24. The fourth-order valence-electron chi connectivity index (χ4n) is 1.42. The Labute approximate surface area is 106 Å². The van der Waals surface area contributed by atoms with Crippen LogP contribution in [0.2, 0.25) is 0 Å². The lowest BCUT2D eigenvalue weighted by Crippen LogP contribution is -2.44. The van der Waals surface area contributed by atoms with Crippen LogP contribution in [0.4, 0.5) is 0 Å². The molecule has 1 N–H and O–H groups in total. The van der Waals surface area contributed by atoms with E-state index in [9.17, 15) is 15.2 Å². The summed E-state index contributed by atoms with van der Waals surface area (Å²) in [6, 6.07) is -1.23.